The highest BCUT2D eigenvalue weighted by Crippen LogP contribution is 2.15. The molecule has 0 aliphatic carbocycles. The van der Waals surface area contributed by atoms with Crippen LogP contribution in [0.1, 0.15) is 25.4 Å². The first-order valence-electron chi connectivity index (χ1n) is 5.55. The molecule has 94 valence electrons. The Hall–Kier alpha value is -1.58. The maximum absolute atomic E-state index is 8.83. The van der Waals surface area contributed by atoms with Crippen LogP contribution in [-0.2, 0) is 9.47 Å². The largest absolute Gasteiger partial charge is 0.424 e. The van der Waals surface area contributed by atoms with Crippen molar-refractivity contribution in [1.29, 1.82) is 5.26 Å². The lowest BCUT2D eigenvalue weighted by atomic mass is 10.4. The lowest BCUT2D eigenvalue weighted by Crippen LogP contribution is -2.26. The molecule has 6 heteroatoms. The quantitative estimate of drug-likeness (QED) is 0.729. The summed E-state index contributed by atoms with van der Waals surface area (Å²) in [5.74, 6) is 0.808. The first kappa shape index (κ1) is 13.5. The van der Waals surface area contributed by atoms with Crippen LogP contribution in [0, 0.1) is 18.3 Å². The number of nitrogens with one attached hydrogen (secondary N) is 1. The van der Waals surface area contributed by atoms with Crippen LogP contribution >= 0.6 is 0 Å². The molecule has 0 atom stereocenters. The summed E-state index contributed by atoms with van der Waals surface area (Å²) in [6, 6.07) is 1.96. The Morgan fingerprint density at radius 1 is 1.41 bits per heavy atom. The molecule has 0 saturated carbocycles. The second kappa shape index (κ2) is 6.89. The van der Waals surface area contributed by atoms with Crippen LogP contribution < -0.4 is 5.32 Å². The van der Waals surface area contributed by atoms with Crippen LogP contribution in [0.3, 0.4) is 0 Å². The number of hydrogen-bond donors (Lipinski definition) is 1. The highest BCUT2D eigenvalue weighted by molar-refractivity contribution is 5.45. The highest BCUT2D eigenvalue weighted by atomic mass is 16.7. The van der Waals surface area contributed by atoms with Crippen LogP contribution in [0.2, 0.25) is 0 Å². The average Bonchev–Trinajstić information content (AvgIpc) is 2.67. The molecule has 0 aliphatic heterocycles. The van der Waals surface area contributed by atoms with E-state index in [1.54, 1.807) is 6.92 Å². The van der Waals surface area contributed by atoms with E-state index in [0.29, 0.717) is 31.5 Å². The van der Waals surface area contributed by atoms with Crippen LogP contribution in [0.4, 0.5) is 5.88 Å². The van der Waals surface area contributed by atoms with Crippen molar-refractivity contribution in [1.82, 2.24) is 4.98 Å². The fourth-order valence-electron chi connectivity index (χ4n) is 1.34. The van der Waals surface area contributed by atoms with Crippen LogP contribution in [0.5, 0.6) is 0 Å². The fourth-order valence-corrected chi connectivity index (χ4v) is 1.34. The van der Waals surface area contributed by atoms with E-state index >= 15 is 0 Å². The fraction of sp³-hybridized carbons (Fsp3) is 0.636. The zero-order valence-corrected chi connectivity index (χ0v) is 10.3. The summed E-state index contributed by atoms with van der Waals surface area (Å²) in [6.45, 7) is 7.01. The van der Waals surface area contributed by atoms with Crippen molar-refractivity contribution in [2.45, 2.75) is 27.1 Å². The number of oxazole rings is 1. The van der Waals surface area contributed by atoms with E-state index in [4.69, 9.17) is 19.2 Å². The van der Waals surface area contributed by atoms with Gasteiger partial charge in [-0.15, -0.1) is 0 Å². The van der Waals surface area contributed by atoms with Crippen molar-refractivity contribution in [2.24, 2.45) is 0 Å². The number of aryl methyl sites for hydroxylation is 1. The molecule has 0 aliphatic rings. The summed E-state index contributed by atoms with van der Waals surface area (Å²) in [5.41, 5.74) is 0.245. The van der Waals surface area contributed by atoms with Gasteiger partial charge in [0.2, 0.25) is 11.6 Å². The Morgan fingerprint density at radius 2 is 2.06 bits per heavy atom. The molecule has 0 bridgehead atoms. The minimum absolute atomic E-state index is 0.245. The summed E-state index contributed by atoms with van der Waals surface area (Å²) < 4.78 is 16.0. The lowest BCUT2D eigenvalue weighted by Gasteiger charge is -2.16. The molecule has 0 radical (unpaired) electrons. The second-order valence-electron chi connectivity index (χ2n) is 3.24. The van der Waals surface area contributed by atoms with E-state index in [-0.39, 0.29) is 12.0 Å². The predicted octanol–water partition coefficient (Wildman–Crippen LogP) is 1.67. The number of nitrogens with zero attached hydrogens (tertiary/aromatic N) is 2. The Morgan fingerprint density at radius 3 is 2.59 bits per heavy atom. The summed E-state index contributed by atoms with van der Waals surface area (Å²) >= 11 is 0. The summed E-state index contributed by atoms with van der Waals surface area (Å²) in [5, 5.41) is 11.8. The summed E-state index contributed by atoms with van der Waals surface area (Å²) in [7, 11) is 0. The molecule has 1 N–H and O–H groups in total. The topological polar surface area (TPSA) is 80.3 Å². The third-order valence-electron chi connectivity index (χ3n) is 1.97. The maximum atomic E-state index is 8.83. The van der Waals surface area contributed by atoms with Gasteiger partial charge in [0.15, 0.2) is 12.2 Å². The maximum Gasteiger partial charge on any atom is 0.232 e. The van der Waals surface area contributed by atoms with Gasteiger partial charge in [-0.05, 0) is 13.8 Å². The molecular weight excluding hydrogens is 222 g/mol. The van der Waals surface area contributed by atoms with Crippen molar-refractivity contribution in [3.63, 3.8) is 0 Å². The van der Waals surface area contributed by atoms with Crippen LogP contribution in [0.15, 0.2) is 4.42 Å². The van der Waals surface area contributed by atoms with E-state index in [1.165, 1.54) is 0 Å². The van der Waals surface area contributed by atoms with Crippen molar-refractivity contribution in [2.75, 3.05) is 25.1 Å². The van der Waals surface area contributed by atoms with Crippen molar-refractivity contribution < 1.29 is 13.9 Å². The van der Waals surface area contributed by atoms with Gasteiger partial charge in [-0.25, -0.2) is 4.98 Å². The average molecular weight is 239 g/mol. The smallest absolute Gasteiger partial charge is 0.232 e. The van der Waals surface area contributed by atoms with Gasteiger partial charge in [0, 0.05) is 20.1 Å². The van der Waals surface area contributed by atoms with E-state index in [9.17, 15) is 0 Å². The molecule has 1 aromatic rings. The first-order chi connectivity index (χ1) is 8.21. The number of anilines is 1. The minimum atomic E-state index is -0.359. The first-order valence-corrected chi connectivity index (χ1v) is 5.55. The third-order valence-corrected chi connectivity index (χ3v) is 1.97. The molecular formula is C11H17N3O3. The predicted molar refractivity (Wildman–Crippen MR) is 61.5 cm³/mol. The van der Waals surface area contributed by atoms with Crippen molar-refractivity contribution >= 4 is 5.88 Å². The minimum Gasteiger partial charge on any atom is -0.424 e. The normalized spacial score (nSPS) is 10.5. The number of hydrogen-bond acceptors (Lipinski definition) is 6. The molecule has 1 rings (SSSR count). The molecule has 1 aromatic heterocycles. The number of aromatic nitrogens is 1. The van der Waals surface area contributed by atoms with Crippen molar-refractivity contribution in [3.05, 3.63) is 11.6 Å². The summed E-state index contributed by atoms with van der Waals surface area (Å²) in [4.78, 5) is 3.93. The van der Waals surface area contributed by atoms with Crippen LogP contribution in [0.25, 0.3) is 0 Å². The molecule has 0 fully saturated rings. The zero-order valence-electron chi connectivity index (χ0n) is 10.3. The third kappa shape index (κ3) is 4.06. The van der Waals surface area contributed by atoms with E-state index < -0.39 is 0 Å². The molecule has 17 heavy (non-hydrogen) atoms. The molecule has 6 nitrogen and oxygen atoms in total. The van der Waals surface area contributed by atoms with Crippen molar-refractivity contribution in [3.8, 4) is 6.07 Å². The Balaban J connectivity index is 2.55. The standard InChI is InChI=1S/C11H17N3O3/c1-4-15-10(16-5-2)7-13-11-9(6-12)14-8(3)17-11/h10,13H,4-5,7H2,1-3H3. The Labute approximate surface area is 101 Å². The molecule has 0 unspecified atom stereocenters. The number of rotatable bonds is 7. The van der Waals surface area contributed by atoms with E-state index in [2.05, 4.69) is 10.3 Å². The van der Waals surface area contributed by atoms with Gasteiger partial charge in [-0.2, -0.15) is 5.26 Å². The van der Waals surface area contributed by atoms with Gasteiger partial charge in [-0.1, -0.05) is 0 Å². The second-order valence-corrected chi connectivity index (χ2v) is 3.24. The highest BCUT2D eigenvalue weighted by Gasteiger charge is 2.13. The number of nitriles is 1. The molecule has 1 heterocycles. The van der Waals surface area contributed by atoms with Gasteiger partial charge in [-0.3, -0.25) is 0 Å². The molecule has 0 aromatic carbocycles. The molecule has 0 spiro atoms. The van der Waals surface area contributed by atoms with Gasteiger partial charge >= 0.3 is 0 Å². The molecule has 0 saturated heterocycles. The van der Waals surface area contributed by atoms with E-state index in [0.717, 1.165) is 0 Å². The van der Waals surface area contributed by atoms with Crippen LogP contribution in [-0.4, -0.2) is 31.0 Å². The summed E-state index contributed by atoms with van der Waals surface area (Å²) in [6.07, 6.45) is -0.359. The van der Waals surface area contributed by atoms with Gasteiger partial charge < -0.3 is 19.2 Å². The Kier molecular flexibility index (Phi) is 5.46. The number of ether oxygens (including phenoxy) is 2. The molecule has 0 amide bonds. The van der Waals surface area contributed by atoms with E-state index in [1.807, 2.05) is 19.9 Å². The monoisotopic (exact) mass is 239 g/mol. The SMILES string of the molecule is CCOC(CNc1oc(C)nc1C#N)OCC. The lowest BCUT2D eigenvalue weighted by molar-refractivity contribution is -0.126. The van der Waals surface area contributed by atoms with Gasteiger partial charge in [0.05, 0.1) is 6.54 Å². The Bertz CT molecular complexity index is 378. The van der Waals surface area contributed by atoms with Gasteiger partial charge in [0.1, 0.15) is 6.07 Å². The zero-order chi connectivity index (χ0) is 12.7. The van der Waals surface area contributed by atoms with Gasteiger partial charge in [0.25, 0.3) is 0 Å².